The average Bonchev–Trinajstić information content (AvgIpc) is 2.69. The van der Waals surface area contributed by atoms with Gasteiger partial charge in [0.2, 0.25) is 7.59 Å². The van der Waals surface area contributed by atoms with Gasteiger partial charge in [-0.25, -0.2) is 9.59 Å². The number of hydrogen-bond donors (Lipinski definition) is 0. The molecule has 0 N–H and O–H groups in total. The van der Waals surface area contributed by atoms with Crippen molar-refractivity contribution in [3.8, 4) is 0 Å². The second kappa shape index (κ2) is 12.2. The molecule has 13 heteroatoms. The maximum absolute atomic E-state index is 12.7. The topological polar surface area (TPSA) is 65.1 Å². The van der Waals surface area contributed by atoms with Gasteiger partial charge < -0.3 is 19.1 Å². The molecule has 6 nitrogen and oxygen atoms in total. The first-order valence-electron chi connectivity index (χ1n) is 9.80. The van der Waals surface area contributed by atoms with E-state index in [2.05, 4.69) is 0 Å². The van der Waals surface area contributed by atoms with Crippen LogP contribution in [0.1, 0.15) is 25.3 Å². The van der Waals surface area contributed by atoms with E-state index < -0.39 is 39.2 Å². The van der Waals surface area contributed by atoms with Crippen molar-refractivity contribution < 1.29 is 23.8 Å². The van der Waals surface area contributed by atoms with Gasteiger partial charge >= 0.3 is 12.2 Å². The normalized spacial score (nSPS) is 21.6. The quantitative estimate of drug-likeness (QED) is 0.259. The van der Waals surface area contributed by atoms with Crippen molar-refractivity contribution in [2.24, 2.45) is 11.8 Å². The smallest absolute Gasteiger partial charge is 0.445 e. The molecular weight excluding hydrogens is 582 g/mol. The number of hydrogen-bond acceptors (Lipinski definition) is 5. The van der Waals surface area contributed by atoms with E-state index >= 15 is 0 Å². The Labute approximate surface area is 227 Å². The molecule has 0 spiro atoms. The van der Waals surface area contributed by atoms with Crippen molar-refractivity contribution in [3.05, 3.63) is 34.9 Å². The van der Waals surface area contributed by atoms with Crippen molar-refractivity contribution in [1.82, 2.24) is 4.90 Å². The number of carbonyl (C=O) groups excluding carboxylic acids is 2. The minimum Gasteiger partial charge on any atom is -0.445 e. The van der Waals surface area contributed by atoms with E-state index in [-0.39, 0.29) is 24.3 Å². The number of piperidine rings is 1. The van der Waals surface area contributed by atoms with Gasteiger partial charge in [0.1, 0.15) is 19.3 Å². The Kier molecular flexibility index (Phi) is 10.7. The van der Waals surface area contributed by atoms with E-state index in [1.165, 1.54) is 4.90 Å². The Balaban J connectivity index is 2.30. The lowest BCUT2D eigenvalue weighted by atomic mass is 9.73. The highest BCUT2D eigenvalue weighted by molar-refractivity contribution is 6.68. The Hall–Kier alpha value is -0.210. The Morgan fingerprint density at radius 2 is 1.52 bits per heavy atom. The lowest BCUT2D eigenvalue weighted by Crippen LogP contribution is -2.53. The highest BCUT2D eigenvalue weighted by atomic mass is 35.6. The number of nitrogens with zero attached hydrogens (tertiary/aromatic N) is 1. The molecule has 2 rings (SSSR count). The summed E-state index contributed by atoms with van der Waals surface area (Å²) in [6.07, 6.45) is -2.54. The summed E-state index contributed by atoms with van der Waals surface area (Å²) in [5, 5.41) is 0.562. The molecule has 0 aliphatic carbocycles. The zero-order chi connectivity index (χ0) is 25.0. The predicted octanol–water partition coefficient (Wildman–Crippen LogP) is 7.41. The monoisotopic (exact) mass is 601 g/mol. The third-order valence-electron chi connectivity index (χ3n) is 5.02. The predicted molar refractivity (Wildman–Crippen MR) is 132 cm³/mol. The second-order valence-electron chi connectivity index (χ2n) is 7.87. The van der Waals surface area contributed by atoms with Gasteiger partial charge in [-0.2, -0.15) is 0 Å². The van der Waals surface area contributed by atoms with E-state index in [0.717, 1.165) is 5.56 Å². The van der Waals surface area contributed by atoms with Crippen LogP contribution in [0.25, 0.3) is 0 Å². The molecule has 0 radical (unpaired) electrons. The van der Waals surface area contributed by atoms with Crippen LogP contribution >= 0.6 is 81.2 Å². The number of amides is 1. The average molecular weight is 605 g/mol. The second-order valence-corrected chi connectivity index (χ2v) is 13.3. The highest BCUT2D eigenvalue weighted by Gasteiger charge is 2.44. The molecular formula is C20H22Cl7NO5. The van der Waals surface area contributed by atoms with Crippen LogP contribution in [0.3, 0.4) is 0 Å². The fourth-order valence-corrected chi connectivity index (χ4v) is 4.07. The molecule has 1 amide bonds. The van der Waals surface area contributed by atoms with Crippen molar-refractivity contribution >= 4 is 93.5 Å². The van der Waals surface area contributed by atoms with Crippen LogP contribution < -0.4 is 0 Å². The lowest BCUT2D eigenvalue weighted by Gasteiger charge is -2.44. The number of likely N-dealkylation sites (tertiary alicyclic amines) is 1. The first kappa shape index (κ1) is 29.0. The third-order valence-corrected chi connectivity index (χ3v) is 5.93. The van der Waals surface area contributed by atoms with Gasteiger partial charge in [-0.1, -0.05) is 107 Å². The Morgan fingerprint density at radius 1 is 0.970 bits per heavy atom. The Morgan fingerprint density at radius 3 is 2.03 bits per heavy atom. The van der Waals surface area contributed by atoms with Gasteiger partial charge in [-0.05, 0) is 29.5 Å². The molecule has 1 heterocycles. The zero-order valence-electron chi connectivity index (χ0n) is 17.6. The summed E-state index contributed by atoms with van der Waals surface area (Å²) >= 11 is 40.0. The van der Waals surface area contributed by atoms with Crippen LogP contribution in [-0.4, -0.2) is 57.1 Å². The van der Waals surface area contributed by atoms with Crippen LogP contribution in [-0.2, 0) is 14.2 Å². The minimum atomic E-state index is -1.80. The molecule has 0 bridgehead atoms. The molecule has 3 unspecified atom stereocenters. The van der Waals surface area contributed by atoms with Crippen molar-refractivity contribution in [2.75, 3.05) is 26.3 Å². The number of benzene rings is 1. The minimum absolute atomic E-state index is 0.0120. The summed E-state index contributed by atoms with van der Waals surface area (Å²) in [6, 6.07) is 7.19. The van der Waals surface area contributed by atoms with Gasteiger partial charge in [-0.15, -0.1) is 0 Å². The number of rotatable bonds is 5. The molecule has 33 heavy (non-hydrogen) atoms. The largest absolute Gasteiger partial charge is 0.508 e. The van der Waals surface area contributed by atoms with E-state index in [0.29, 0.717) is 11.6 Å². The van der Waals surface area contributed by atoms with Crippen LogP contribution in [0.2, 0.25) is 5.02 Å². The Bertz CT molecular complexity index is 811. The van der Waals surface area contributed by atoms with Gasteiger partial charge in [0.25, 0.3) is 0 Å². The van der Waals surface area contributed by atoms with Crippen LogP contribution in [0.15, 0.2) is 24.3 Å². The number of halogens is 7. The molecule has 1 saturated heterocycles. The van der Waals surface area contributed by atoms with Crippen molar-refractivity contribution in [3.63, 3.8) is 0 Å². The molecule has 186 valence electrons. The maximum atomic E-state index is 12.7. The summed E-state index contributed by atoms with van der Waals surface area (Å²) in [5.74, 6) is -0.302. The maximum Gasteiger partial charge on any atom is 0.508 e. The molecule has 0 saturated carbocycles. The van der Waals surface area contributed by atoms with Crippen LogP contribution in [0.4, 0.5) is 9.59 Å². The zero-order valence-corrected chi connectivity index (χ0v) is 22.9. The molecule has 3 atom stereocenters. The molecule has 1 aliphatic heterocycles. The van der Waals surface area contributed by atoms with E-state index in [4.69, 9.17) is 95.4 Å². The number of ether oxygens (including phenoxy) is 3. The van der Waals surface area contributed by atoms with Crippen LogP contribution in [0.5, 0.6) is 0 Å². The summed E-state index contributed by atoms with van der Waals surface area (Å²) in [7, 11) is 0. The lowest BCUT2D eigenvalue weighted by molar-refractivity contribution is -0.0368. The van der Waals surface area contributed by atoms with Crippen molar-refractivity contribution in [2.45, 2.75) is 33.5 Å². The highest BCUT2D eigenvalue weighted by Crippen LogP contribution is 2.40. The van der Waals surface area contributed by atoms with E-state index in [1.807, 2.05) is 26.0 Å². The van der Waals surface area contributed by atoms with E-state index in [9.17, 15) is 9.59 Å². The summed E-state index contributed by atoms with van der Waals surface area (Å²) in [4.78, 5) is 26.4. The molecule has 1 aromatic carbocycles. The molecule has 0 aromatic heterocycles. The standard InChI is InChI=1S/C20H22Cl7NO5/c1-11(2)14-7-28(17(29)31-9-19(22,23)24)8-15(33-18(30)32-10-20(25,26)27)16(14)12-3-5-13(21)6-4-12/h3-6,11,14-16H,7-10H2,1-2H3. The third kappa shape index (κ3) is 9.75. The fraction of sp³-hybridized carbons (Fsp3) is 0.600. The van der Waals surface area contributed by atoms with Gasteiger partial charge in [0.05, 0.1) is 6.54 Å². The molecule has 1 fully saturated rings. The summed E-state index contributed by atoms with van der Waals surface area (Å²) < 4.78 is 12.1. The SMILES string of the molecule is CC(C)C1CN(C(=O)OCC(Cl)(Cl)Cl)CC(OC(=O)OCC(Cl)(Cl)Cl)C1c1ccc(Cl)cc1. The molecule has 1 aromatic rings. The van der Waals surface area contributed by atoms with Crippen LogP contribution in [0, 0.1) is 11.8 Å². The molecule has 1 aliphatic rings. The summed E-state index contributed by atoms with van der Waals surface area (Å²) in [6.45, 7) is 3.41. The number of alkyl halides is 6. The first-order valence-corrected chi connectivity index (χ1v) is 12.4. The summed E-state index contributed by atoms with van der Waals surface area (Å²) in [5.41, 5.74) is 0.881. The van der Waals surface area contributed by atoms with Gasteiger partial charge in [0, 0.05) is 17.5 Å². The van der Waals surface area contributed by atoms with E-state index in [1.54, 1.807) is 12.1 Å². The fourth-order valence-electron chi connectivity index (χ4n) is 3.61. The van der Waals surface area contributed by atoms with Gasteiger partial charge in [0.15, 0.2) is 0 Å². The van der Waals surface area contributed by atoms with Gasteiger partial charge in [-0.3, -0.25) is 0 Å². The number of carbonyl (C=O) groups is 2. The van der Waals surface area contributed by atoms with Crippen molar-refractivity contribution in [1.29, 1.82) is 0 Å². The first-order chi connectivity index (χ1) is 15.2.